The van der Waals surface area contributed by atoms with Crippen LogP contribution in [0.2, 0.25) is 0 Å². The highest BCUT2D eigenvalue weighted by Crippen LogP contribution is 2.21. The van der Waals surface area contributed by atoms with Crippen LogP contribution >= 0.6 is 0 Å². The third-order valence-electron chi connectivity index (χ3n) is 4.87. The molecule has 1 aliphatic heterocycles. The maximum atomic E-state index is 12.9. The van der Waals surface area contributed by atoms with Gasteiger partial charge >= 0.3 is 0 Å². The SMILES string of the molecule is CN=C(NCCc1ccc(F)cc1)NCc1ccc(N2CCCCC2=O)cc1. The molecule has 5 nitrogen and oxygen atoms in total. The summed E-state index contributed by atoms with van der Waals surface area (Å²) in [6.07, 6.45) is 3.49. The molecular weight excluding hydrogens is 355 g/mol. The summed E-state index contributed by atoms with van der Waals surface area (Å²) in [5.41, 5.74) is 3.16. The maximum absolute atomic E-state index is 12.9. The van der Waals surface area contributed by atoms with E-state index in [2.05, 4.69) is 15.6 Å². The van der Waals surface area contributed by atoms with Crippen molar-refractivity contribution >= 4 is 17.6 Å². The lowest BCUT2D eigenvalue weighted by Gasteiger charge is -2.26. The highest BCUT2D eigenvalue weighted by molar-refractivity contribution is 5.93. The largest absolute Gasteiger partial charge is 0.356 e. The van der Waals surface area contributed by atoms with Crippen LogP contribution in [0.3, 0.4) is 0 Å². The molecule has 2 N–H and O–H groups in total. The number of hydrogen-bond donors (Lipinski definition) is 2. The number of piperidine rings is 1. The number of nitrogens with zero attached hydrogens (tertiary/aromatic N) is 2. The monoisotopic (exact) mass is 382 g/mol. The van der Waals surface area contributed by atoms with Gasteiger partial charge in [-0.25, -0.2) is 4.39 Å². The fourth-order valence-electron chi connectivity index (χ4n) is 3.26. The van der Waals surface area contributed by atoms with Gasteiger partial charge in [0.15, 0.2) is 5.96 Å². The van der Waals surface area contributed by atoms with Gasteiger partial charge in [0.05, 0.1) is 0 Å². The molecule has 0 atom stereocenters. The molecule has 0 aromatic heterocycles. The van der Waals surface area contributed by atoms with Gasteiger partial charge < -0.3 is 15.5 Å². The van der Waals surface area contributed by atoms with Crippen molar-refractivity contribution < 1.29 is 9.18 Å². The number of hydrogen-bond acceptors (Lipinski definition) is 2. The highest BCUT2D eigenvalue weighted by atomic mass is 19.1. The first-order valence-corrected chi connectivity index (χ1v) is 9.74. The normalized spacial score (nSPS) is 14.9. The first-order chi connectivity index (χ1) is 13.7. The number of carbonyl (C=O) groups excluding carboxylic acids is 1. The summed E-state index contributed by atoms with van der Waals surface area (Å²) in [5.74, 6) is 0.713. The van der Waals surface area contributed by atoms with Crippen molar-refractivity contribution in [3.05, 3.63) is 65.5 Å². The lowest BCUT2D eigenvalue weighted by atomic mass is 10.1. The van der Waals surface area contributed by atoms with Crippen LogP contribution in [0.1, 0.15) is 30.4 Å². The number of rotatable bonds is 6. The van der Waals surface area contributed by atoms with Crippen LogP contribution in [-0.2, 0) is 17.8 Å². The molecule has 3 rings (SSSR count). The Bertz CT molecular complexity index is 802. The molecule has 28 heavy (non-hydrogen) atoms. The standard InChI is InChI=1S/C22H27FN4O/c1-24-22(25-14-13-17-5-9-19(23)10-6-17)26-16-18-7-11-20(12-8-18)27-15-3-2-4-21(27)28/h5-12H,2-4,13-16H2,1H3,(H2,24,25,26). The Morgan fingerprint density at radius 2 is 1.75 bits per heavy atom. The zero-order valence-corrected chi connectivity index (χ0v) is 16.2. The molecule has 148 valence electrons. The topological polar surface area (TPSA) is 56.7 Å². The number of benzene rings is 2. The molecule has 1 aliphatic rings. The van der Waals surface area contributed by atoms with Crippen molar-refractivity contribution in [1.29, 1.82) is 0 Å². The summed E-state index contributed by atoms with van der Waals surface area (Å²) in [7, 11) is 1.73. The minimum atomic E-state index is -0.218. The Morgan fingerprint density at radius 1 is 1.04 bits per heavy atom. The number of aliphatic imine (C=N–C) groups is 1. The van der Waals surface area contributed by atoms with E-state index in [1.807, 2.05) is 29.2 Å². The van der Waals surface area contributed by atoms with Crippen molar-refractivity contribution in [1.82, 2.24) is 10.6 Å². The van der Waals surface area contributed by atoms with E-state index < -0.39 is 0 Å². The first-order valence-electron chi connectivity index (χ1n) is 9.74. The molecule has 1 heterocycles. The Morgan fingerprint density at radius 3 is 2.43 bits per heavy atom. The Kier molecular flexibility index (Phi) is 7.00. The average Bonchev–Trinajstić information content (AvgIpc) is 2.73. The van der Waals surface area contributed by atoms with Gasteiger partial charge in [0.25, 0.3) is 0 Å². The van der Waals surface area contributed by atoms with Gasteiger partial charge in [0.2, 0.25) is 5.91 Å². The van der Waals surface area contributed by atoms with Crippen LogP contribution in [0.25, 0.3) is 0 Å². The molecule has 2 aromatic carbocycles. The van der Waals surface area contributed by atoms with Crippen LogP contribution in [0.15, 0.2) is 53.5 Å². The Labute approximate surface area is 165 Å². The third-order valence-corrected chi connectivity index (χ3v) is 4.87. The average molecular weight is 382 g/mol. The van der Waals surface area contributed by atoms with E-state index in [1.54, 1.807) is 19.2 Å². The third kappa shape index (κ3) is 5.55. The van der Waals surface area contributed by atoms with E-state index >= 15 is 0 Å². The second-order valence-corrected chi connectivity index (χ2v) is 6.90. The second-order valence-electron chi connectivity index (χ2n) is 6.90. The van der Waals surface area contributed by atoms with Crippen LogP contribution in [0.4, 0.5) is 10.1 Å². The number of carbonyl (C=O) groups is 1. The number of nitrogens with one attached hydrogen (secondary N) is 2. The molecule has 0 spiro atoms. The fourth-order valence-corrected chi connectivity index (χ4v) is 3.26. The Balaban J connectivity index is 1.45. The van der Waals surface area contributed by atoms with Gasteiger partial charge in [0.1, 0.15) is 5.82 Å². The van der Waals surface area contributed by atoms with Crippen LogP contribution < -0.4 is 15.5 Å². The predicted octanol–water partition coefficient (Wildman–Crippen LogP) is 3.25. The molecule has 0 bridgehead atoms. The van der Waals surface area contributed by atoms with E-state index in [9.17, 15) is 9.18 Å². The van der Waals surface area contributed by atoms with Crippen LogP contribution in [0, 0.1) is 5.82 Å². The van der Waals surface area contributed by atoms with E-state index in [0.717, 1.165) is 48.6 Å². The molecule has 2 aromatic rings. The molecule has 0 saturated carbocycles. The molecule has 0 radical (unpaired) electrons. The second kappa shape index (κ2) is 9.88. The summed E-state index contributed by atoms with van der Waals surface area (Å²) in [5, 5.41) is 6.55. The molecule has 0 unspecified atom stereocenters. The van der Waals surface area contributed by atoms with E-state index in [-0.39, 0.29) is 11.7 Å². The lowest BCUT2D eigenvalue weighted by Crippen LogP contribution is -2.38. The van der Waals surface area contributed by atoms with Crippen LogP contribution in [-0.4, -0.2) is 32.0 Å². The zero-order valence-electron chi connectivity index (χ0n) is 16.2. The quantitative estimate of drug-likeness (QED) is 0.596. The zero-order chi connectivity index (χ0) is 19.8. The maximum Gasteiger partial charge on any atom is 0.226 e. The van der Waals surface area contributed by atoms with Crippen molar-refractivity contribution in [3.63, 3.8) is 0 Å². The highest BCUT2D eigenvalue weighted by Gasteiger charge is 2.19. The minimum Gasteiger partial charge on any atom is -0.356 e. The number of halogens is 1. The summed E-state index contributed by atoms with van der Waals surface area (Å²) >= 11 is 0. The predicted molar refractivity (Wildman–Crippen MR) is 111 cm³/mol. The fraction of sp³-hybridized carbons (Fsp3) is 0.364. The van der Waals surface area contributed by atoms with Gasteiger partial charge in [-0.15, -0.1) is 0 Å². The van der Waals surface area contributed by atoms with Gasteiger partial charge in [-0.3, -0.25) is 9.79 Å². The smallest absolute Gasteiger partial charge is 0.226 e. The molecule has 6 heteroatoms. The van der Waals surface area contributed by atoms with Crippen molar-refractivity contribution in [2.24, 2.45) is 4.99 Å². The van der Waals surface area contributed by atoms with Gasteiger partial charge in [-0.2, -0.15) is 0 Å². The Hall–Kier alpha value is -2.89. The summed E-state index contributed by atoms with van der Waals surface area (Å²) in [4.78, 5) is 18.1. The number of anilines is 1. The summed E-state index contributed by atoms with van der Waals surface area (Å²) < 4.78 is 12.9. The van der Waals surface area contributed by atoms with E-state index in [4.69, 9.17) is 0 Å². The summed E-state index contributed by atoms with van der Waals surface area (Å²) in [6, 6.07) is 14.6. The van der Waals surface area contributed by atoms with Gasteiger partial charge in [-0.1, -0.05) is 24.3 Å². The molecule has 1 saturated heterocycles. The van der Waals surface area contributed by atoms with Crippen molar-refractivity contribution in [2.45, 2.75) is 32.2 Å². The summed E-state index contributed by atoms with van der Waals surface area (Å²) in [6.45, 7) is 2.16. The van der Waals surface area contributed by atoms with Crippen LogP contribution in [0.5, 0.6) is 0 Å². The lowest BCUT2D eigenvalue weighted by molar-refractivity contribution is -0.119. The first kappa shape index (κ1) is 19.9. The molecule has 1 amide bonds. The van der Waals surface area contributed by atoms with E-state index in [0.29, 0.717) is 19.5 Å². The minimum absolute atomic E-state index is 0.211. The molecule has 1 fully saturated rings. The number of guanidine groups is 1. The molecular formula is C22H27FN4O. The molecule has 0 aliphatic carbocycles. The van der Waals surface area contributed by atoms with E-state index in [1.165, 1.54) is 12.1 Å². The van der Waals surface area contributed by atoms with Gasteiger partial charge in [-0.05, 0) is 54.7 Å². The van der Waals surface area contributed by atoms with Crippen molar-refractivity contribution in [3.8, 4) is 0 Å². The number of amides is 1. The van der Waals surface area contributed by atoms with Crippen molar-refractivity contribution in [2.75, 3.05) is 25.0 Å². The van der Waals surface area contributed by atoms with Gasteiger partial charge in [0, 0.05) is 38.8 Å².